The second kappa shape index (κ2) is 7.17. The standard InChI is InChI=1S/C16H22O2/c1-16(2,3)11-7-10-15(17)13-18-12-14-8-5-4-6-9-14/h4-6,8-11,15,17H,12-13H2,1-3H3/t7?,15-/m0/s1. The van der Waals surface area contributed by atoms with E-state index in [0.29, 0.717) is 13.2 Å². The molecule has 0 saturated heterocycles. The second-order valence-electron chi connectivity index (χ2n) is 5.41. The molecule has 0 bridgehead atoms. The first kappa shape index (κ1) is 14.7. The Balaban J connectivity index is 2.30. The summed E-state index contributed by atoms with van der Waals surface area (Å²) in [5.41, 5.74) is 4.19. The Labute approximate surface area is 110 Å². The fourth-order valence-electron chi connectivity index (χ4n) is 1.33. The van der Waals surface area contributed by atoms with Crippen LogP contribution < -0.4 is 0 Å². The zero-order valence-corrected chi connectivity index (χ0v) is 11.4. The first-order chi connectivity index (χ1) is 8.47. The van der Waals surface area contributed by atoms with Crippen molar-refractivity contribution in [3.63, 3.8) is 0 Å². The molecule has 98 valence electrons. The highest BCUT2D eigenvalue weighted by Crippen LogP contribution is 2.13. The summed E-state index contributed by atoms with van der Waals surface area (Å²) in [6.07, 6.45) is 2.97. The highest BCUT2D eigenvalue weighted by Gasteiger charge is 2.03. The molecule has 2 heteroatoms. The number of ether oxygens (including phenoxy) is 1. The molecule has 1 aromatic rings. The van der Waals surface area contributed by atoms with Gasteiger partial charge in [-0.3, -0.25) is 0 Å². The summed E-state index contributed by atoms with van der Waals surface area (Å²) < 4.78 is 5.43. The molecule has 0 radical (unpaired) electrons. The normalized spacial score (nSPS) is 12.7. The van der Waals surface area contributed by atoms with Crippen LogP contribution in [0.4, 0.5) is 0 Å². The molecule has 0 aliphatic heterocycles. The van der Waals surface area contributed by atoms with Gasteiger partial charge in [-0.15, -0.1) is 5.73 Å². The topological polar surface area (TPSA) is 29.5 Å². The zero-order valence-electron chi connectivity index (χ0n) is 11.4. The van der Waals surface area contributed by atoms with Gasteiger partial charge in [-0.1, -0.05) is 51.1 Å². The summed E-state index contributed by atoms with van der Waals surface area (Å²) in [5.74, 6) is 0. The average Bonchev–Trinajstić information content (AvgIpc) is 2.28. The van der Waals surface area contributed by atoms with Gasteiger partial charge in [-0.05, 0) is 23.1 Å². The van der Waals surface area contributed by atoms with Crippen molar-refractivity contribution in [1.82, 2.24) is 0 Å². The van der Waals surface area contributed by atoms with Crippen LogP contribution >= 0.6 is 0 Å². The molecular formula is C16H22O2. The summed E-state index contributed by atoms with van der Waals surface area (Å²) >= 11 is 0. The quantitative estimate of drug-likeness (QED) is 0.808. The highest BCUT2D eigenvalue weighted by molar-refractivity contribution is 5.13. The minimum atomic E-state index is -0.604. The maximum atomic E-state index is 9.66. The van der Waals surface area contributed by atoms with Crippen LogP contribution in [0.2, 0.25) is 0 Å². The van der Waals surface area contributed by atoms with Crippen LogP contribution in [-0.2, 0) is 11.3 Å². The van der Waals surface area contributed by atoms with Gasteiger partial charge in [-0.25, -0.2) is 0 Å². The Morgan fingerprint density at radius 2 is 1.94 bits per heavy atom. The van der Waals surface area contributed by atoms with Gasteiger partial charge in [0.25, 0.3) is 0 Å². The molecule has 0 unspecified atom stereocenters. The summed E-state index contributed by atoms with van der Waals surface area (Å²) in [4.78, 5) is 0. The van der Waals surface area contributed by atoms with E-state index in [1.807, 2.05) is 36.4 Å². The second-order valence-corrected chi connectivity index (χ2v) is 5.41. The molecule has 0 amide bonds. The van der Waals surface area contributed by atoms with Gasteiger partial charge >= 0.3 is 0 Å². The molecule has 1 N–H and O–H groups in total. The third kappa shape index (κ3) is 7.08. The van der Waals surface area contributed by atoms with Crippen molar-refractivity contribution in [3.05, 3.63) is 53.8 Å². The van der Waals surface area contributed by atoms with Gasteiger partial charge < -0.3 is 9.84 Å². The van der Waals surface area contributed by atoms with Gasteiger partial charge in [0.2, 0.25) is 0 Å². The van der Waals surface area contributed by atoms with Gasteiger partial charge in [0, 0.05) is 0 Å². The molecule has 0 heterocycles. The Kier molecular flexibility index (Phi) is 5.87. The smallest absolute Gasteiger partial charge is 0.103 e. The fourth-order valence-corrected chi connectivity index (χ4v) is 1.33. The van der Waals surface area contributed by atoms with Gasteiger partial charge in [0.05, 0.1) is 13.2 Å². The van der Waals surface area contributed by atoms with Crippen LogP contribution in [-0.4, -0.2) is 17.8 Å². The van der Waals surface area contributed by atoms with Crippen LogP contribution in [0.25, 0.3) is 0 Å². The molecule has 1 atom stereocenters. The van der Waals surface area contributed by atoms with E-state index in [4.69, 9.17) is 4.74 Å². The molecule has 0 aromatic heterocycles. The summed E-state index contributed by atoms with van der Waals surface area (Å²) in [5, 5.41) is 9.66. The summed E-state index contributed by atoms with van der Waals surface area (Å²) in [6.45, 7) is 7.08. The number of benzene rings is 1. The van der Waals surface area contributed by atoms with E-state index < -0.39 is 6.10 Å². The van der Waals surface area contributed by atoms with E-state index in [1.54, 1.807) is 6.08 Å². The predicted octanol–water partition coefficient (Wildman–Crippen LogP) is 3.32. The molecule has 0 fully saturated rings. The monoisotopic (exact) mass is 246 g/mol. The Morgan fingerprint density at radius 3 is 2.56 bits per heavy atom. The van der Waals surface area contributed by atoms with Crippen molar-refractivity contribution in [1.29, 1.82) is 0 Å². The maximum absolute atomic E-state index is 9.66. The van der Waals surface area contributed by atoms with Gasteiger partial charge in [0.15, 0.2) is 0 Å². The summed E-state index contributed by atoms with van der Waals surface area (Å²) in [7, 11) is 0. The Morgan fingerprint density at radius 1 is 1.28 bits per heavy atom. The van der Waals surface area contributed by atoms with Crippen LogP contribution in [0.5, 0.6) is 0 Å². The van der Waals surface area contributed by atoms with Crippen molar-refractivity contribution in [2.75, 3.05) is 6.61 Å². The number of aliphatic hydroxyl groups is 1. The number of hydrogen-bond acceptors (Lipinski definition) is 2. The minimum absolute atomic E-state index is 0.0844. The number of aliphatic hydroxyl groups excluding tert-OH is 1. The molecule has 0 aliphatic rings. The lowest BCUT2D eigenvalue weighted by Crippen LogP contribution is -2.11. The van der Waals surface area contributed by atoms with Crippen LogP contribution in [0, 0.1) is 5.41 Å². The van der Waals surface area contributed by atoms with Crippen molar-refractivity contribution in [2.24, 2.45) is 5.41 Å². The van der Waals surface area contributed by atoms with E-state index in [1.165, 1.54) is 0 Å². The average molecular weight is 246 g/mol. The largest absolute Gasteiger partial charge is 0.386 e. The highest BCUT2D eigenvalue weighted by atomic mass is 16.5. The molecule has 2 nitrogen and oxygen atoms in total. The van der Waals surface area contributed by atoms with E-state index in [9.17, 15) is 5.11 Å². The van der Waals surface area contributed by atoms with Crippen molar-refractivity contribution >= 4 is 0 Å². The van der Waals surface area contributed by atoms with E-state index >= 15 is 0 Å². The predicted molar refractivity (Wildman–Crippen MR) is 74.2 cm³/mol. The molecular weight excluding hydrogens is 224 g/mol. The van der Waals surface area contributed by atoms with Gasteiger partial charge in [0.1, 0.15) is 6.10 Å². The third-order valence-corrected chi connectivity index (χ3v) is 2.21. The minimum Gasteiger partial charge on any atom is -0.386 e. The van der Waals surface area contributed by atoms with E-state index in [-0.39, 0.29) is 5.41 Å². The van der Waals surface area contributed by atoms with Crippen molar-refractivity contribution in [3.8, 4) is 0 Å². The zero-order chi connectivity index (χ0) is 13.4. The molecule has 18 heavy (non-hydrogen) atoms. The van der Waals surface area contributed by atoms with E-state index in [0.717, 1.165) is 5.56 Å². The lowest BCUT2D eigenvalue weighted by Gasteiger charge is -2.09. The molecule has 0 saturated carbocycles. The van der Waals surface area contributed by atoms with Crippen LogP contribution in [0.1, 0.15) is 26.3 Å². The SMILES string of the molecule is CC(C)(C)C=C=C[C@H](O)COCc1ccccc1. The van der Waals surface area contributed by atoms with Crippen molar-refractivity contribution in [2.45, 2.75) is 33.5 Å². The molecule has 1 aromatic carbocycles. The Hall–Kier alpha value is -1.34. The molecule has 0 aliphatic carbocycles. The lowest BCUT2D eigenvalue weighted by atomic mass is 9.97. The van der Waals surface area contributed by atoms with Crippen LogP contribution in [0.15, 0.2) is 48.2 Å². The number of rotatable bonds is 5. The van der Waals surface area contributed by atoms with E-state index in [2.05, 4.69) is 26.5 Å². The maximum Gasteiger partial charge on any atom is 0.103 e. The van der Waals surface area contributed by atoms with Gasteiger partial charge in [-0.2, -0.15) is 0 Å². The molecule has 0 spiro atoms. The fraction of sp³-hybridized carbons (Fsp3) is 0.438. The summed E-state index contributed by atoms with van der Waals surface area (Å²) in [6, 6.07) is 9.92. The first-order valence-corrected chi connectivity index (χ1v) is 6.21. The molecule has 1 rings (SSSR count). The van der Waals surface area contributed by atoms with Crippen molar-refractivity contribution < 1.29 is 9.84 Å². The lowest BCUT2D eigenvalue weighted by molar-refractivity contribution is 0.0504. The van der Waals surface area contributed by atoms with Crippen LogP contribution in [0.3, 0.4) is 0 Å². The first-order valence-electron chi connectivity index (χ1n) is 6.21. The third-order valence-electron chi connectivity index (χ3n) is 2.21. The number of hydrogen-bond donors (Lipinski definition) is 1. The Bertz CT molecular complexity index is 395.